The van der Waals surface area contributed by atoms with Gasteiger partial charge in [0.25, 0.3) is 0 Å². The van der Waals surface area contributed by atoms with Gasteiger partial charge >= 0.3 is 0 Å². The summed E-state index contributed by atoms with van der Waals surface area (Å²) in [5, 5.41) is 3.60. The van der Waals surface area contributed by atoms with Gasteiger partial charge in [-0.15, -0.1) is 0 Å². The molecule has 0 saturated heterocycles. The lowest BCUT2D eigenvalue weighted by Gasteiger charge is -2.35. The normalized spacial score (nSPS) is 24.2. The van der Waals surface area contributed by atoms with Gasteiger partial charge in [0, 0.05) is 17.8 Å². The Labute approximate surface area is 125 Å². The second kappa shape index (κ2) is 9.00. The molecule has 1 saturated carbocycles. The van der Waals surface area contributed by atoms with Crippen molar-refractivity contribution in [3.63, 3.8) is 0 Å². The SMILES string of the molecule is CCCNC1CCC(N(C)CCCS(=O)(=O)CC)CC1. The topological polar surface area (TPSA) is 49.4 Å². The highest BCUT2D eigenvalue weighted by atomic mass is 32.2. The predicted octanol–water partition coefficient (Wildman–Crippen LogP) is 2.05. The van der Waals surface area contributed by atoms with Gasteiger partial charge in [-0.2, -0.15) is 0 Å². The van der Waals surface area contributed by atoms with Gasteiger partial charge in [0.15, 0.2) is 0 Å². The molecule has 1 aliphatic carbocycles. The van der Waals surface area contributed by atoms with E-state index in [0.29, 0.717) is 17.8 Å². The molecular weight excluding hydrogens is 272 g/mol. The fourth-order valence-corrected chi connectivity index (χ4v) is 3.79. The standard InChI is InChI=1S/C15H32N2O2S/c1-4-11-16-14-7-9-15(10-8-14)17(3)12-6-13-20(18,19)5-2/h14-16H,4-13H2,1-3H3. The number of rotatable bonds is 9. The van der Waals surface area contributed by atoms with Crippen LogP contribution >= 0.6 is 0 Å². The van der Waals surface area contributed by atoms with Crippen LogP contribution in [0.3, 0.4) is 0 Å². The molecule has 20 heavy (non-hydrogen) atoms. The third-order valence-corrected chi connectivity index (χ3v) is 6.20. The molecule has 0 spiro atoms. The minimum atomic E-state index is -2.80. The summed E-state index contributed by atoms with van der Waals surface area (Å²) in [7, 11) is -0.660. The molecule has 0 aromatic rings. The zero-order chi connectivity index (χ0) is 15.0. The molecule has 0 radical (unpaired) electrons. The molecule has 0 unspecified atom stereocenters. The van der Waals surface area contributed by atoms with E-state index in [9.17, 15) is 8.42 Å². The van der Waals surface area contributed by atoms with Crippen molar-refractivity contribution in [3.8, 4) is 0 Å². The van der Waals surface area contributed by atoms with E-state index < -0.39 is 9.84 Å². The fourth-order valence-electron chi connectivity index (χ4n) is 2.93. The number of sulfone groups is 1. The maximum absolute atomic E-state index is 11.5. The molecule has 5 heteroatoms. The van der Waals surface area contributed by atoms with E-state index in [2.05, 4.69) is 24.2 Å². The van der Waals surface area contributed by atoms with Crippen molar-refractivity contribution in [2.24, 2.45) is 0 Å². The first-order valence-corrected chi connectivity index (χ1v) is 9.94. The zero-order valence-electron chi connectivity index (χ0n) is 13.4. The highest BCUT2D eigenvalue weighted by molar-refractivity contribution is 7.91. The molecule has 120 valence electrons. The van der Waals surface area contributed by atoms with Crippen molar-refractivity contribution in [1.29, 1.82) is 0 Å². The van der Waals surface area contributed by atoms with Crippen LogP contribution in [0.2, 0.25) is 0 Å². The summed E-state index contributed by atoms with van der Waals surface area (Å²) in [4.78, 5) is 2.36. The van der Waals surface area contributed by atoms with Gasteiger partial charge in [-0.05, 0) is 58.7 Å². The Morgan fingerprint density at radius 1 is 1.15 bits per heavy atom. The minimum Gasteiger partial charge on any atom is -0.314 e. The summed E-state index contributed by atoms with van der Waals surface area (Å²) in [6.07, 6.45) is 6.94. The van der Waals surface area contributed by atoms with Gasteiger partial charge in [-0.25, -0.2) is 8.42 Å². The van der Waals surface area contributed by atoms with Crippen LogP contribution in [0.4, 0.5) is 0 Å². The monoisotopic (exact) mass is 304 g/mol. The van der Waals surface area contributed by atoms with E-state index in [4.69, 9.17) is 0 Å². The van der Waals surface area contributed by atoms with Gasteiger partial charge < -0.3 is 10.2 Å². The molecule has 0 aromatic heterocycles. The molecule has 0 atom stereocenters. The molecule has 1 rings (SSSR count). The summed E-state index contributed by atoms with van der Waals surface area (Å²) in [5.41, 5.74) is 0. The average molecular weight is 305 g/mol. The minimum absolute atomic E-state index is 0.269. The zero-order valence-corrected chi connectivity index (χ0v) is 14.2. The fraction of sp³-hybridized carbons (Fsp3) is 1.00. The van der Waals surface area contributed by atoms with Crippen LogP contribution in [-0.4, -0.2) is 57.0 Å². The van der Waals surface area contributed by atoms with Gasteiger partial charge in [-0.3, -0.25) is 0 Å². The van der Waals surface area contributed by atoms with Crippen LogP contribution < -0.4 is 5.32 Å². The van der Waals surface area contributed by atoms with Crippen molar-refractivity contribution in [2.75, 3.05) is 31.6 Å². The highest BCUT2D eigenvalue weighted by Gasteiger charge is 2.23. The summed E-state index contributed by atoms with van der Waals surface area (Å²) < 4.78 is 22.9. The molecule has 0 heterocycles. The quantitative estimate of drug-likeness (QED) is 0.708. The first-order chi connectivity index (χ1) is 9.48. The van der Waals surface area contributed by atoms with Crippen molar-refractivity contribution in [2.45, 2.75) is 64.5 Å². The lowest BCUT2D eigenvalue weighted by Crippen LogP contribution is -2.41. The van der Waals surface area contributed by atoms with Gasteiger partial charge in [0.2, 0.25) is 0 Å². The molecule has 0 aromatic carbocycles. The molecule has 1 aliphatic rings. The lowest BCUT2D eigenvalue weighted by molar-refractivity contribution is 0.175. The maximum atomic E-state index is 11.5. The van der Waals surface area contributed by atoms with Crippen LogP contribution in [0.15, 0.2) is 0 Å². The summed E-state index contributed by atoms with van der Waals surface area (Å²) in [5.74, 6) is 0.603. The Morgan fingerprint density at radius 2 is 1.80 bits per heavy atom. The average Bonchev–Trinajstić information content (AvgIpc) is 2.45. The highest BCUT2D eigenvalue weighted by Crippen LogP contribution is 2.22. The van der Waals surface area contributed by atoms with E-state index in [1.807, 2.05) is 0 Å². The first-order valence-electron chi connectivity index (χ1n) is 8.12. The van der Waals surface area contributed by atoms with Gasteiger partial charge in [0.05, 0.1) is 5.75 Å². The molecule has 0 amide bonds. The van der Waals surface area contributed by atoms with Crippen LogP contribution in [0.1, 0.15) is 52.4 Å². The van der Waals surface area contributed by atoms with Crippen molar-refractivity contribution in [1.82, 2.24) is 10.2 Å². The summed E-state index contributed by atoms with van der Waals surface area (Å²) in [6, 6.07) is 1.33. The number of hydrogen-bond acceptors (Lipinski definition) is 4. The van der Waals surface area contributed by atoms with Crippen molar-refractivity contribution < 1.29 is 8.42 Å². The van der Waals surface area contributed by atoms with Gasteiger partial charge in [0.1, 0.15) is 9.84 Å². The van der Waals surface area contributed by atoms with E-state index in [1.54, 1.807) is 6.92 Å². The second-order valence-corrected chi connectivity index (χ2v) is 8.50. The molecular formula is C15H32N2O2S. The Bertz CT molecular complexity index is 349. The van der Waals surface area contributed by atoms with Crippen LogP contribution in [0.25, 0.3) is 0 Å². The largest absolute Gasteiger partial charge is 0.314 e. The molecule has 4 nitrogen and oxygen atoms in total. The predicted molar refractivity (Wildman–Crippen MR) is 85.9 cm³/mol. The Morgan fingerprint density at radius 3 is 2.35 bits per heavy atom. The molecule has 1 N–H and O–H groups in total. The third-order valence-electron chi connectivity index (χ3n) is 4.41. The van der Waals surface area contributed by atoms with E-state index in [-0.39, 0.29) is 5.75 Å². The van der Waals surface area contributed by atoms with E-state index >= 15 is 0 Å². The van der Waals surface area contributed by atoms with E-state index in [1.165, 1.54) is 32.1 Å². The maximum Gasteiger partial charge on any atom is 0.150 e. The molecule has 1 fully saturated rings. The Kier molecular flexibility index (Phi) is 8.07. The summed E-state index contributed by atoms with van der Waals surface area (Å²) in [6.45, 7) is 5.96. The lowest BCUT2D eigenvalue weighted by atomic mass is 9.90. The Balaban J connectivity index is 2.20. The Hall–Kier alpha value is -0.130. The number of hydrogen-bond donors (Lipinski definition) is 1. The molecule has 0 aliphatic heterocycles. The van der Waals surface area contributed by atoms with Crippen LogP contribution in [0, 0.1) is 0 Å². The van der Waals surface area contributed by atoms with Crippen molar-refractivity contribution in [3.05, 3.63) is 0 Å². The third kappa shape index (κ3) is 6.55. The van der Waals surface area contributed by atoms with Crippen LogP contribution in [0.5, 0.6) is 0 Å². The van der Waals surface area contributed by atoms with Gasteiger partial charge in [-0.1, -0.05) is 13.8 Å². The van der Waals surface area contributed by atoms with Crippen molar-refractivity contribution >= 4 is 9.84 Å². The number of nitrogens with zero attached hydrogens (tertiary/aromatic N) is 1. The number of nitrogens with one attached hydrogen (secondary N) is 1. The second-order valence-electron chi connectivity index (χ2n) is 6.03. The van der Waals surface area contributed by atoms with Crippen LogP contribution in [-0.2, 0) is 9.84 Å². The molecule has 0 bridgehead atoms. The van der Waals surface area contributed by atoms with E-state index in [0.717, 1.165) is 19.5 Å². The smallest absolute Gasteiger partial charge is 0.150 e. The first kappa shape index (κ1) is 17.9. The summed E-state index contributed by atoms with van der Waals surface area (Å²) >= 11 is 0.